The summed E-state index contributed by atoms with van der Waals surface area (Å²) >= 11 is 0. The van der Waals surface area contributed by atoms with E-state index in [0.29, 0.717) is 17.9 Å². The zero-order valence-corrected chi connectivity index (χ0v) is 12.5. The maximum Gasteiger partial charge on any atom is 0.178 e. The van der Waals surface area contributed by atoms with Crippen molar-refractivity contribution in [1.82, 2.24) is 5.32 Å². The fraction of sp³-hybridized carbons (Fsp3) is 0.571. The molecule has 1 aromatic carbocycles. The third kappa shape index (κ3) is 5.19. The van der Waals surface area contributed by atoms with Crippen molar-refractivity contribution < 1.29 is 8.42 Å². The van der Waals surface area contributed by atoms with Crippen molar-refractivity contribution in [3.05, 3.63) is 29.8 Å². The molecule has 0 unspecified atom stereocenters. The summed E-state index contributed by atoms with van der Waals surface area (Å²) < 4.78 is 24.1. The van der Waals surface area contributed by atoms with E-state index in [1.165, 1.54) is 0 Å². The van der Waals surface area contributed by atoms with Crippen molar-refractivity contribution >= 4 is 9.84 Å². The van der Waals surface area contributed by atoms with Gasteiger partial charge in [-0.05, 0) is 52.8 Å². The lowest BCUT2D eigenvalue weighted by molar-refractivity contribution is 0.426. The van der Waals surface area contributed by atoms with E-state index >= 15 is 0 Å². The highest BCUT2D eigenvalue weighted by molar-refractivity contribution is 7.91. The molecule has 0 saturated heterocycles. The predicted molar refractivity (Wildman–Crippen MR) is 75.6 cm³/mol. The van der Waals surface area contributed by atoms with Crippen LogP contribution < -0.4 is 5.32 Å². The Balaban J connectivity index is 2.53. The largest absolute Gasteiger partial charge is 0.312 e. The van der Waals surface area contributed by atoms with E-state index in [1.807, 2.05) is 19.1 Å². The molecule has 4 heteroatoms. The summed E-state index contributed by atoms with van der Waals surface area (Å²) in [5.74, 6) is 0.194. The van der Waals surface area contributed by atoms with Gasteiger partial charge in [-0.3, -0.25) is 0 Å². The van der Waals surface area contributed by atoms with Crippen molar-refractivity contribution in [2.75, 3.05) is 12.3 Å². The van der Waals surface area contributed by atoms with Gasteiger partial charge in [0.1, 0.15) is 0 Å². The summed E-state index contributed by atoms with van der Waals surface area (Å²) in [4.78, 5) is 0.420. The third-order valence-electron chi connectivity index (χ3n) is 2.63. The average Bonchev–Trinajstić information content (AvgIpc) is 2.24. The molecule has 0 aliphatic carbocycles. The van der Waals surface area contributed by atoms with Gasteiger partial charge in [0, 0.05) is 5.54 Å². The van der Waals surface area contributed by atoms with Crippen molar-refractivity contribution in [3.8, 4) is 0 Å². The van der Waals surface area contributed by atoms with E-state index < -0.39 is 9.84 Å². The van der Waals surface area contributed by atoms with Crippen LogP contribution in [0.4, 0.5) is 0 Å². The molecule has 0 aromatic heterocycles. The Kier molecular flexibility index (Phi) is 4.93. The topological polar surface area (TPSA) is 46.2 Å². The van der Waals surface area contributed by atoms with Crippen molar-refractivity contribution in [1.29, 1.82) is 0 Å². The first-order valence-corrected chi connectivity index (χ1v) is 7.90. The van der Waals surface area contributed by atoms with Crippen LogP contribution >= 0.6 is 0 Å². The number of sulfone groups is 1. The second-order valence-corrected chi connectivity index (χ2v) is 7.77. The normalized spacial score (nSPS) is 12.7. The lowest BCUT2D eigenvalue weighted by Crippen LogP contribution is -2.36. The lowest BCUT2D eigenvalue weighted by Gasteiger charge is -2.20. The van der Waals surface area contributed by atoms with Gasteiger partial charge in [-0.2, -0.15) is 0 Å². The van der Waals surface area contributed by atoms with Gasteiger partial charge in [-0.15, -0.1) is 0 Å². The fourth-order valence-electron chi connectivity index (χ4n) is 1.59. The molecule has 0 saturated carbocycles. The van der Waals surface area contributed by atoms with Gasteiger partial charge in [0.15, 0.2) is 9.84 Å². The van der Waals surface area contributed by atoms with E-state index in [4.69, 9.17) is 0 Å². The van der Waals surface area contributed by atoms with Crippen LogP contribution in [-0.2, 0) is 9.84 Å². The van der Waals surface area contributed by atoms with Crippen molar-refractivity contribution in [2.24, 2.45) is 0 Å². The minimum Gasteiger partial charge on any atom is -0.312 e. The summed E-state index contributed by atoms with van der Waals surface area (Å²) in [6.07, 6.45) is 0.632. The number of rotatable bonds is 5. The highest BCUT2D eigenvalue weighted by Gasteiger charge is 2.14. The molecule has 0 amide bonds. The van der Waals surface area contributed by atoms with Crippen LogP contribution in [0.15, 0.2) is 29.2 Å². The van der Waals surface area contributed by atoms with Gasteiger partial charge >= 0.3 is 0 Å². The quantitative estimate of drug-likeness (QED) is 0.836. The third-order valence-corrected chi connectivity index (χ3v) is 4.44. The number of hydrogen-bond donors (Lipinski definition) is 1. The molecule has 0 heterocycles. The molecule has 102 valence electrons. The first-order chi connectivity index (χ1) is 8.21. The highest BCUT2D eigenvalue weighted by Crippen LogP contribution is 2.13. The zero-order chi connectivity index (χ0) is 13.8. The molecule has 0 aliphatic rings. The van der Waals surface area contributed by atoms with E-state index in [9.17, 15) is 8.42 Å². The van der Waals surface area contributed by atoms with Crippen LogP contribution in [0.1, 0.15) is 32.8 Å². The smallest absolute Gasteiger partial charge is 0.178 e. The number of nitrogens with one attached hydrogen (secondary N) is 1. The van der Waals surface area contributed by atoms with E-state index in [-0.39, 0.29) is 11.3 Å². The van der Waals surface area contributed by atoms with E-state index in [1.54, 1.807) is 12.1 Å². The summed E-state index contributed by atoms with van der Waals surface area (Å²) in [7, 11) is -3.13. The van der Waals surface area contributed by atoms with Gasteiger partial charge in [0.05, 0.1) is 10.6 Å². The molecule has 0 atom stereocenters. The van der Waals surface area contributed by atoms with Crippen LogP contribution in [0.25, 0.3) is 0 Å². The fourth-order valence-corrected chi connectivity index (χ4v) is 2.90. The molecule has 0 spiro atoms. The average molecular weight is 269 g/mol. The Morgan fingerprint density at radius 2 is 1.67 bits per heavy atom. The minimum absolute atomic E-state index is 0.0353. The molecule has 1 aromatic rings. The Morgan fingerprint density at radius 1 is 1.11 bits per heavy atom. The van der Waals surface area contributed by atoms with Crippen LogP contribution in [-0.4, -0.2) is 26.3 Å². The van der Waals surface area contributed by atoms with Gasteiger partial charge in [-0.25, -0.2) is 8.42 Å². The SMILES string of the molecule is Cc1ccc(S(=O)(=O)CCCNC(C)(C)C)cc1. The minimum atomic E-state index is -3.13. The first-order valence-electron chi connectivity index (χ1n) is 6.25. The molecular weight excluding hydrogens is 246 g/mol. The van der Waals surface area contributed by atoms with Gasteiger partial charge < -0.3 is 5.32 Å². The second-order valence-electron chi connectivity index (χ2n) is 5.66. The predicted octanol–water partition coefficient (Wildman–Crippen LogP) is 2.55. The van der Waals surface area contributed by atoms with Crippen LogP contribution in [0, 0.1) is 6.92 Å². The molecule has 1 N–H and O–H groups in total. The zero-order valence-electron chi connectivity index (χ0n) is 11.7. The summed E-state index contributed by atoms with van der Waals surface area (Å²) in [6.45, 7) is 8.88. The standard InChI is InChI=1S/C14H23NO2S/c1-12-6-8-13(9-7-12)18(16,17)11-5-10-15-14(2,3)4/h6-9,15H,5,10-11H2,1-4H3. The number of hydrogen-bond acceptors (Lipinski definition) is 3. The Morgan fingerprint density at radius 3 is 2.17 bits per heavy atom. The molecule has 0 bridgehead atoms. The first kappa shape index (κ1) is 15.2. The van der Waals surface area contributed by atoms with Gasteiger partial charge in [0.2, 0.25) is 0 Å². The van der Waals surface area contributed by atoms with Crippen LogP contribution in [0.5, 0.6) is 0 Å². The van der Waals surface area contributed by atoms with Crippen LogP contribution in [0.2, 0.25) is 0 Å². The highest BCUT2D eigenvalue weighted by atomic mass is 32.2. The van der Waals surface area contributed by atoms with Crippen LogP contribution in [0.3, 0.4) is 0 Å². The summed E-state index contributed by atoms with van der Waals surface area (Å²) in [6, 6.07) is 7.03. The van der Waals surface area contributed by atoms with Gasteiger partial charge in [0.25, 0.3) is 0 Å². The summed E-state index contributed by atoms with van der Waals surface area (Å²) in [5.41, 5.74) is 1.11. The molecule has 0 fully saturated rings. The Bertz CT molecular complexity index is 470. The molecule has 0 aliphatic heterocycles. The maximum atomic E-state index is 12.0. The lowest BCUT2D eigenvalue weighted by atomic mass is 10.1. The second kappa shape index (κ2) is 5.85. The number of benzene rings is 1. The summed E-state index contributed by atoms with van der Waals surface area (Å²) in [5, 5.41) is 3.29. The van der Waals surface area contributed by atoms with Gasteiger partial charge in [-0.1, -0.05) is 17.7 Å². The van der Waals surface area contributed by atoms with E-state index in [2.05, 4.69) is 26.1 Å². The Labute approximate surface area is 111 Å². The molecule has 18 heavy (non-hydrogen) atoms. The Hall–Kier alpha value is -0.870. The monoisotopic (exact) mass is 269 g/mol. The molecule has 0 radical (unpaired) electrons. The molecule has 1 rings (SSSR count). The van der Waals surface area contributed by atoms with Crippen molar-refractivity contribution in [3.63, 3.8) is 0 Å². The molecule has 3 nitrogen and oxygen atoms in total. The van der Waals surface area contributed by atoms with E-state index in [0.717, 1.165) is 5.56 Å². The molecular formula is C14H23NO2S. The maximum absolute atomic E-state index is 12.0. The number of aryl methyl sites for hydroxylation is 1. The van der Waals surface area contributed by atoms with Crippen molar-refractivity contribution in [2.45, 2.75) is 44.6 Å².